The van der Waals surface area contributed by atoms with E-state index in [1.54, 1.807) is 24.3 Å². The van der Waals surface area contributed by atoms with Crippen molar-refractivity contribution < 1.29 is 9.59 Å². The van der Waals surface area contributed by atoms with Gasteiger partial charge in [-0.2, -0.15) is 5.26 Å². The molecule has 2 aliphatic rings. The summed E-state index contributed by atoms with van der Waals surface area (Å²) in [6.07, 6.45) is 0.616. The fourth-order valence-corrected chi connectivity index (χ4v) is 3.82. The molecule has 2 aromatic carbocycles. The zero-order valence-corrected chi connectivity index (χ0v) is 16.3. The van der Waals surface area contributed by atoms with E-state index in [4.69, 9.17) is 5.26 Å². The number of hydrogen-bond donors (Lipinski definition) is 1. The Labute approximate surface area is 170 Å². The minimum atomic E-state index is -0.250. The molecule has 1 aliphatic carbocycles. The largest absolute Gasteiger partial charge is 0.340 e. The highest BCUT2D eigenvalue weighted by molar-refractivity contribution is 5.99. The smallest absolute Gasteiger partial charge is 0.228 e. The molecule has 29 heavy (non-hydrogen) atoms. The van der Waals surface area contributed by atoms with E-state index in [1.165, 1.54) is 5.56 Å². The van der Waals surface area contributed by atoms with Crippen LogP contribution in [0, 0.1) is 23.2 Å². The Morgan fingerprint density at radius 1 is 0.966 bits per heavy atom. The van der Waals surface area contributed by atoms with E-state index < -0.39 is 0 Å². The Morgan fingerprint density at radius 2 is 1.66 bits per heavy atom. The third kappa shape index (κ3) is 4.64. The molecule has 1 N–H and O–H groups in total. The highest BCUT2D eigenvalue weighted by atomic mass is 16.2. The monoisotopic (exact) mass is 388 g/mol. The van der Waals surface area contributed by atoms with E-state index in [9.17, 15) is 9.59 Å². The third-order valence-electron chi connectivity index (χ3n) is 5.66. The van der Waals surface area contributed by atoms with Gasteiger partial charge in [0.1, 0.15) is 0 Å². The molecule has 4 rings (SSSR count). The number of nitriles is 1. The molecule has 1 heterocycles. The van der Waals surface area contributed by atoms with Gasteiger partial charge in [-0.05, 0) is 36.2 Å². The van der Waals surface area contributed by atoms with E-state index in [2.05, 4.69) is 28.4 Å². The van der Waals surface area contributed by atoms with Crippen LogP contribution >= 0.6 is 0 Å². The highest BCUT2D eigenvalue weighted by Crippen LogP contribution is 2.41. The predicted octanol–water partition coefficient (Wildman–Crippen LogP) is 2.48. The molecule has 0 aromatic heterocycles. The van der Waals surface area contributed by atoms with E-state index in [1.807, 2.05) is 23.1 Å². The lowest BCUT2D eigenvalue weighted by Gasteiger charge is -2.35. The summed E-state index contributed by atoms with van der Waals surface area (Å²) >= 11 is 0. The van der Waals surface area contributed by atoms with Crippen LogP contribution in [-0.2, 0) is 16.1 Å². The van der Waals surface area contributed by atoms with E-state index in [0.717, 1.165) is 19.6 Å². The van der Waals surface area contributed by atoms with Gasteiger partial charge in [0, 0.05) is 38.4 Å². The minimum absolute atomic E-state index is 0.101. The molecule has 0 spiro atoms. The van der Waals surface area contributed by atoms with Gasteiger partial charge in [0.25, 0.3) is 0 Å². The normalized spacial score (nSPS) is 21.3. The van der Waals surface area contributed by atoms with Crippen LogP contribution in [0.2, 0.25) is 0 Å². The summed E-state index contributed by atoms with van der Waals surface area (Å²) < 4.78 is 0. The number of anilines is 1. The Balaban J connectivity index is 1.24. The Hall–Kier alpha value is -3.17. The summed E-state index contributed by atoms with van der Waals surface area (Å²) in [7, 11) is 0. The Kier molecular flexibility index (Phi) is 5.59. The van der Waals surface area contributed by atoms with Crippen LogP contribution in [0.5, 0.6) is 0 Å². The summed E-state index contributed by atoms with van der Waals surface area (Å²) in [5.74, 6) is -0.463. The standard InChI is InChI=1S/C23H24N4O2/c24-15-17-6-8-19(9-7-17)25-22(28)20-14-21(20)23(29)27-12-10-26(11-13-27)16-18-4-2-1-3-5-18/h1-9,20-21H,10-14,16H2,(H,25,28). The maximum atomic E-state index is 12.8. The topological polar surface area (TPSA) is 76.4 Å². The van der Waals surface area contributed by atoms with Crippen molar-refractivity contribution in [1.29, 1.82) is 5.26 Å². The van der Waals surface area contributed by atoms with Crippen molar-refractivity contribution in [2.75, 3.05) is 31.5 Å². The van der Waals surface area contributed by atoms with Crippen molar-refractivity contribution >= 4 is 17.5 Å². The number of piperazine rings is 1. The first-order chi connectivity index (χ1) is 14.1. The van der Waals surface area contributed by atoms with E-state index in [0.29, 0.717) is 30.8 Å². The molecule has 2 aromatic rings. The average Bonchev–Trinajstić information content (AvgIpc) is 3.56. The number of amides is 2. The van der Waals surface area contributed by atoms with Gasteiger partial charge < -0.3 is 10.2 Å². The zero-order valence-electron chi connectivity index (χ0n) is 16.3. The van der Waals surface area contributed by atoms with E-state index >= 15 is 0 Å². The fraction of sp³-hybridized carbons (Fsp3) is 0.348. The average molecular weight is 388 g/mol. The molecule has 0 bridgehead atoms. The van der Waals surface area contributed by atoms with Crippen LogP contribution in [0.25, 0.3) is 0 Å². The summed E-state index contributed by atoms with van der Waals surface area (Å²) in [5.41, 5.74) is 2.49. The molecule has 0 radical (unpaired) electrons. The molecular weight excluding hydrogens is 364 g/mol. The van der Waals surface area contributed by atoms with Gasteiger partial charge in [-0.3, -0.25) is 14.5 Å². The van der Waals surface area contributed by atoms with Gasteiger partial charge in [0.15, 0.2) is 0 Å². The van der Waals surface area contributed by atoms with Crippen molar-refractivity contribution in [3.63, 3.8) is 0 Å². The molecule has 2 atom stereocenters. The van der Waals surface area contributed by atoms with Crippen LogP contribution in [0.3, 0.4) is 0 Å². The maximum absolute atomic E-state index is 12.8. The molecule has 1 aliphatic heterocycles. The summed E-state index contributed by atoms with van der Waals surface area (Å²) in [4.78, 5) is 29.5. The molecular formula is C23H24N4O2. The molecule has 148 valence electrons. The van der Waals surface area contributed by atoms with Gasteiger partial charge in [-0.1, -0.05) is 30.3 Å². The van der Waals surface area contributed by atoms with Gasteiger partial charge in [-0.15, -0.1) is 0 Å². The quantitative estimate of drug-likeness (QED) is 0.854. The molecule has 6 heteroatoms. The van der Waals surface area contributed by atoms with Crippen LogP contribution in [0.4, 0.5) is 5.69 Å². The number of benzene rings is 2. The minimum Gasteiger partial charge on any atom is -0.340 e. The molecule has 6 nitrogen and oxygen atoms in total. The molecule has 2 unspecified atom stereocenters. The molecule has 1 saturated heterocycles. The second-order valence-corrected chi connectivity index (χ2v) is 7.71. The lowest BCUT2D eigenvalue weighted by Crippen LogP contribution is -2.49. The second-order valence-electron chi connectivity index (χ2n) is 7.71. The van der Waals surface area contributed by atoms with Gasteiger partial charge in [-0.25, -0.2) is 0 Å². The van der Waals surface area contributed by atoms with Crippen molar-refractivity contribution in [1.82, 2.24) is 9.80 Å². The first-order valence-electron chi connectivity index (χ1n) is 10.00. The number of nitrogens with zero attached hydrogens (tertiary/aromatic N) is 3. The molecule has 2 fully saturated rings. The van der Waals surface area contributed by atoms with Crippen molar-refractivity contribution in [2.24, 2.45) is 11.8 Å². The fourth-order valence-electron chi connectivity index (χ4n) is 3.82. The van der Waals surface area contributed by atoms with Gasteiger partial charge >= 0.3 is 0 Å². The number of carbonyl (C=O) groups excluding carboxylic acids is 2. The van der Waals surface area contributed by atoms with Crippen molar-refractivity contribution in [3.8, 4) is 6.07 Å². The highest BCUT2D eigenvalue weighted by Gasteiger charge is 2.49. The van der Waals surface area contributed by atoms with Gasteiger partial charge in [0.05, 0.1) is 23.5 Å². The van der Waals surface area contributed by atoms with Crippen LogP contribution in [-0.4, -0.2) is 47.8 Å². The SMILES string of the molecule is N#Cc1ccc(NC(=O)C2CC2C(=O)N2CCN(Cc3ccccc3)CC2)cc1. The molecule has 2 amide bonds. The third-order valence-corrected chi connectivity index (χ3v) is 5.66. The Bertz CT molecular complexity index is 912. The Morgan fingerprint density at radius 3 is 2.31 bits per heavy atom. The first kappa shape index (κ1) is 19.2. The molecule has 1 saturated carbocycles. The number of hydrogen-bond acceptors (Lipinski definition) is 4. The number of nitrogens with one attached hydrogen (secondary N) is 1. The lowest BCUT2D eigenvalue weighted by atomic mass is 10.2. The summed E-state index contributed by atoms with van der Waals surface area (Å²) in [5, 5.41) is 11.7. The number of rotatable bonds is 5. The lowest BCUT2D eigenvalue weighted by molar-refractivity contribution is -0.135. The summed E-state index contributed by atoms with van der Waals surface area (Å²) in [6, 6.07) is 19.2. The van der Waals surface area contributed by atoms with Crippen LogP contribution in [0.15, 0.2) is 54.6 Å². The zero-order chi connectivity index (χ0) is 20.2. The van der Waals surface area contributed by atoms with Crippen LogP contribution < -0.4 is 5.32 Å². The van der Waals surface area contributed by atoms with Gasteiger partial charge in [0.2, 0.25) is 11.8 Å². The maximum Gasteiger partial charge on any atom is 0.228 e. The predicted molar refractivity (Wildman–Crippen MR) is 110 cm³/mol. The summed E-state index contributed by atoms with van der Waals surface area (Å²) in [6.45, 7) is 4.05. The first-order valence-corrected chi connectivity index (χ1v) is 10.00. The van der Waals surface area contributed by atoms with Crippen molar-refractivity contribution in [2.45, 2.75) is 13.0 Å². The van der Waals surface area contributed by atoms with Crippen molar-refractivity contribution in [3.05, 3.63) is 65.7 Å². The number of carbonyl (C=O) groups is 2. The van der Waals surface area contributed by atoms with E-state index in [-0.39, 0.29) is 23.7 Å². The van der Waals surface area contributed by atoms with Crippen LogP contribution in [0.1, 0.15) is 17.5 Å². The second kappa shape index (κ2) is 8.46.